The van der Waals surface area contributed by atoms with Gasteiger partial charge in [0.2, 0.25) is 0 Å². The summed E-state index contributed by atoms with van der Waals surface area (Å²) in [6, 6.07) is 0. The van der Waals surface area contributed by atoms with E-state index in [9.17, 15) is 0 Å². The summed E-state index contributed by atoms with van der Waals surface area (Å²) in [5.41, 5.74) is 5.02. The smallest absolute Gasteiger partial charge is 0.147 e. The minimum absolute atomic E-state index is 0.642. The van der Waals surface area contributed by atoms with Crippen molar-refractivity contribution >= 4 is 5.82 Å². The van der Waals surface area contributed by atoms with Crippen molar-refractivity contribution in [2.24, 2.45) is 5.84 Å². The Bertz CT molecular complexity index is 350. The van der Waals surface area contributed by atoms with E-state index in [1.54, 1.807) is 7.11 Å². The molecule has 0 spiro atoms. The summed E-state index contributed by atoms with van der Waals surface area (Å²) in [6.45, 7) is 0.642. The van der Waals surface area contributed by atoms with Crippen LogP contribution in [-0.2, 0) is 24.0 Å². The minimum Gasteiger partial charge on any atom is -0.384 e. The number of anilines is 1. The van der Waals surface area contributed by atoms with Crippen LogP contribution in [0.25, 0.3) is 0 Å². The van der Waals surface area contributed by atoms with Gasteiger partial charge in [0.25, 0.3) is 0 Å². The van der Waals surface area contributed by atoms with Gasteiger partial charge in [-0.15, -0.1) is 0 Å². The van der Waals surface area contributed by atoms with Crippen LogP contribution < -0.4 is 11.3 Å². The van der Waals surface area contributed by atoms with Gasteiger partial charge in [0.05, 0.1) is 6.61 Å². The van der Waals surface area contributed by atoms with Gasteiger partial charge >= 0.3 is 0 Å². The molecular weight excluding hydrogens is 204 g/mol. The summed E-state index contributed by atoms with van der Waals surface area (Å²) in [5, 5.41) is 0. The number of nitrogens with two attached hydrogens (primary N) is 1. The van der Waals surface area contributed by atoms with E-state index >= 15 is 0 Å². The van der Waals surface area contributed by atoms with Crippen molar-refractivity contribution < 1.29 is 4.74 Å². The first-order valence-corrected chi connectivity index (χ1v) is 5.69. The number of fused-ring (bicyclic) bond motifs is 1. The molecule has 0 fully saturated rings. The number of aromatic nitrogens is 2. The summed E-state index contributed by atoms with van der Waals surface area (Å²) in [4.78, 5) is 8.99. The maximum atomic E-state index is 5.50. The van der Waals surface area contributed by atoms with Gasteiger partial charge < -0.3 is 10.2 Å². The van der Waals surface area contributed by atoms with Crippen LogP contribution in [0.3, 0.4) is 0 Å². The third kappa shape index (κ3) is 2.31. The molecule has 0 aliphatic heterocycles. The topological polar surface area (TPSA) is 73.1 Å². The second-order valence-corrected chi connectivity index (χ2v) is 4.01. The van der Waals surface area contributed by atoms with Crippen LogP contribution >= 0.6 is 0 Å². The molecule has 1 aromatic heterocycles. The number of rotatable bonds is 4. The molecule has 0 bridgehead atoms. The molecule has 3 N–H and O–H groups in total. The average molecular weight is 222 g/mol. The van der Waals surface area contributed by atoms with E-state index in [1.807, 2.05) is 0 Å². The first kappa shape index (κ1) is 11.3. The molecule has 5 nitrogen and oxygen atoms in total. The number of hydrogen-bond donors (Lipinski definition) is 2. The number of nitrogens with one attached hydrogen (secondary N) is 1. The normalized spacial score (nSPS) is 14.6. The maximum Gasteiger partial charge on any atom is 0.147 e. The first-order chi connectivity index (χ1) is 7.85. The van der Waals surface area contributed by atoms with Gasteiger partial charge in [0.15, 0.2) is 0 Å². The van der Waals surface area contributed by atoms with E-state index in [1.165, 1.54) is 18.4 Å². The number of hydrogen-bond acceptors (Lipinski definition) is 5. The highest BCUT2D eigenvalue weighted by molar-refractivity contribution is 5.46. The lowest BCUT2D eigenvalue weighted by atomic mass is 9.96. The predicted molar refractivity (Wildman–Crippen MR) is 62.1 cm³/mol. The average Bonchev–Trinajstić information content (AvgIpc) is 2.35. The van der Waals surface area contributed by atoms with Crippen LogP contribution in [0.1, 0.15) is 29.9 Å². The highest BCUT2D eigenvalue weighted by atomic mass is 16.5. The van der Waals surface area contributed by atoms with Crippen LogP contribution in [-0.4, -0.2) is 23.7 Å². The molecule has 1 heterocycles. The van der Waals surface area contributed by atoms with Crippen molar-refractivity contribution in [3.63, 3.8) is 0 Å². The SMILES string of the molecule is COCCc1nc2c(c(NN)n1)CCCC2. The molecule has 0 aromatic carbocycles. The quantitative estimate of drug-likeness (QED) is 0.583. The number of hydrazine groups is 1. The van der Waals surface area contributed by atoms with Gasteiger partial charge in [0, 0.05) is 24.8 Å². The summed E-state index contributed by atoms with van der Waals surface area (Å²) in [5.74, 6) is 7.10. The van der Waals surface area contributed by atoms with E-state index in [4.69, 9.17) is 10.6 Å². The lowest BCUT2D eigenvalue weighted by Gasteiger charge is -2.18. The molecule has 5 heteroatoms. The van der Waals surface area contributed by atoms with Crippen molar-refractivity contribution in [1.29, 1.82) is 0 Å². The Kier molecular flexibility index (Phi) is 3.69. The van der Waals surface area contributed by atoms with Crippen LogP contribution in [0.4, 0.5) is 5.82 Å². The number of aryl methyl sites for hydroxylation is 1. The highest BCUT2D eigenvalue weighted by Gasteiger charge is 2.16. The number of methoxy groups -OCH3 is 1. The van der Waals surface area contributed by atoms with Gasteiger partial charge in [-0.25, -0.2) is 15.8 Å². The molecule has 0 radical (unpaired) electrons. The van der Waals surface area contributed by atoms with Crippen molar-refractivity contribution in [2.45, 2.75) is 32.1 Å². The van der Waals surface area contributed by atoms with E-state index in [2.05, 4.69) is 15.4 Å². The Morgan fingerprint density at radius 1 is 1.31 bits per heavy atom. The van der Waals surface area contributed by atoms with Crippen LogP contribution in [0.2, 0.25) is 0 Å². The van der Waals surface area contributed by atoms with Crippen LogP contribution in [0.5, 0.6) is 0 Å². The number of ether oxygens (including phenoxy) is 1. The van der Waals surface area contributed by atoms with Gasteiger partial charge in [-0.2, -0.15) is 0 Å². The largest absolute Gasteiger partial charge is 0.384 e. The number of nitrogens with zero attached hydrogens (tertiary/aromatic N) is 2. The molecule has 2 rings (SSSR count). The van der Waals surface area contributed by atoms with E-state index < -0.39 is 0 Å². The Labute approximate surface area is 95.4 Å². The Balaban J connectivity index is 2.28. The molecule has 1 aromatic rings. The molecule has 1 aliphatic carbocycles. The third-order valence-corrected chi connectivity index (χ3v) is 2.90. The lowest BCUT2D eigenvalue weighted by molar-refractivity contribution is 0.200. The molecule has 1 aliphatic rings. The third-order valence-electron chi connectivity index (χ3n) is 2.90. The van der Waals surface area contributed by atoms with Crippen LogP contribution in [0.15, 0.2) is 0 Å². The fourth-order valence-electron chi connectivity index (χ4n) is 2.07. The maximum absolute atomic E-state index is 5.50. The number of nitrogen functional groups attached to an aromatic ring is 1. The van der Waals surface area contributed by atoms with Gasteiger partial charge in [-0.05, 0) is 25.7 Å². The monoisotopic (exact) mass is 222 g/mol. The molecule has 0 unspecified atom stereocenters. The minimum atomic E-state index is 0.642. The van der Waals surface area contributed by atoms with Crippen LogP contribution in [0, 0.1) is 0 Å². The summed E-state index contributed by atoms with van der Waals surface area (Å²) in [6.07, 6.45) is 5.20. The van der Waals surface area contributed by atoms with Crippen molar-refractivity contribution in [2.75, 3.05) is 19.1 Å². The van der Waals surface area contributed by atoms with E-state index in [0.717, 1.165) is 36.6 Å². The fourth-order valence-corrected chi connectivity index (χ4v) is 2.07. The van der Waals surface area contributed by atoms with Crippen molar-refractivity contribution in [3.8, 4) is 0 Å². The first-order valence-electron chi connectivity index (χ1n) is 5.69. The van der Waals surface area contributed by atoms with Crippen molar-refractivity contribution in [1.82, 2.24) is 9.97 Å². The predicted octanol–water partition coefficient (Wildman–Crippen LogP) is 0.830. The zero-order valence-electron chi connectivity index (χ0n) is 9.62. The van der Waals surface area contributed by atoms with Gasteiger partial charge in [-0.1, -0.05) is 0 Å². The van der Waals surface area contributed by atoms with Crippen molar-refractivity contribution in [3.05, 3.63) is 17.1 Å². The zero-order valence-corrected chi connectivity index (χ0v) is 9.62. The molecule has 0 atom stereocenters. The van der Waals surface area contributed by atoms with Gasteiger partial charge in [-0.3, -0.25) is 0 Å². The lowest BCUT2D eigenvalue weighted by Crippen LogP contribution is -2.18. The molecular formula is C11H18N4O. The fraction of sp³-hybridized carbons (Fsp3) is 0.636. The molecule has 16 heavy (non-hydrogen) atoms. The van der Waals surface area contributed by atoms with E-state index in [-0.39, 0.29) is 0 Å². The Hall–Kier alpha value is -1.20. The summed E-state index contributed by atoms with van der Waals surface area (Å²) in [7, 11) is 1.68. The summed E-state index contributed by atoms with van der Waals surface area (Å²) < 4.78 is 5.03. The van der Waals surface area contributed by atoms with Gasteiger partial charge in [0.1, 0.15) is 11.6 Å². The summed E-state index contributed by atoms with van der Waals surface area (Å²) >= 11 is 0. The molecule has 88 valence electrons. The second kappa shape index (κ2) is 5.23. The molecule has 0 amide bonds. The standard InChI is InChI=1S/C11H18N4O/c1-16-7-6-10-13-9-5-3-2-4-8(9)11(14-10)15-12/h2-7,12H2,1H3,(H,13,14,15). The highest BCUT2D eigenvalue weighted by Crippen LogP contribution is 2.24. The zero-order chi connectivity index (χ0) is 11.4. The Morgan fingerprint density at radius 2 is 2.12 bits per heavy atom. The van der Waals surface area contributed by atoms with E-state index in [0.29, 0.717) is 6.61 Å². The Morgan fingerprint density at radius 3 is 2.88 bits per heavy atom. The molecule has 0 saturated heterocycles. The second-order valence-electron chi connectivity index (χ2n) is 4.01. The molecule has 0 saturated carbocycles.